The molecule has 252 valence electrons. The van der Waals surface area contributed by atoms with Crippen molar-refractivity contribution in [3.8, 4) is 0 Å². The first-order chi connectivity index (χ1) is 23.5. The predicted molar refractivity (Wildman–Crippen MR) is 182 cm³/mol. The van der Waals surface area contributed by atoms with E-state index in [1.54, 1.807) is 6.08 Å². The molecule has 1 N–H and O–H groups in total. The summed E-state index contributed by atoms with van der Waals surface area (Å²) in [5, 5.41) is 11.7. The maximum atomic E-state index is 13.1. The van der Waals surface area contributed by atoms with Gasteiger partial charge in [-0.05, 0) is 28.7 Å². The van der Waals surface area contributed by atoms with Crippen LogP contribution in [0.3, 0.4) is 0 Å². The van der Waals surface area contributed by atoms with Gasteiger partial charge in [0.15, 0.2) is 6.10 Å². The largest absolute Gasteiger partial charge is 0.467 e. The molecule has 4 aromatic carbocycles. The fourth-order valence-corrected chi connectivity index (χ4v) is 6.02. The van der Waals surface area contributed by atoms with Crippen LogP contribution < -0.4 is 0 Å². The zero-order valence-corrected chi connectivity index (χ0v) is 27.3. The minimum Gasteiger partial charge on any atom is -0.467 e. The second-order valence-corrected chi connectivity index (χ2v) is 11.8. The summed E-state index contributed by atoms with van der Waals surface area (Å²) in [5.74, 6) is -0.862. The Kier molecular flexibility index (Phi) is 13.1. The summed E-state index contributed by atoms with van der Waals surface area (Å²) in [6, 6.07) is 39.1. The molecular formula is C40H44O8. The van der Waals surface area contributed by atoms with Gasteiger partial charge in [0.25, 0.3) is 0 Å². The summed E-state index contributed by atoms with van der Waals surface area (Å²) in [4.78, 5) is 13.1. The third kappa shape index (κ3) is 9.05. The molecule has 5 rings (SSSR count). The van der Waals surface area contributed by atoms with Crippen LogP contribution in [-0.2, 0) is 59.6 Å². The topological polar surface area (TPSA) is 92.7 Å². The molecule has 0 aromatic heterocycles. The van der Waals surface area contributed by atoms with Crippen molar-refractivity contribution < 1.29 is 38.3 Å². The lowest BCUT2D eigenvalue weighted by Gasteiger charge is -2.53. The molecule has 1 aliphatic heterocycles. The number of rotatable bonds is 17. The average Bonchev–Trinajstić information content (AvgIpc) is 3.14. The zero-order chi connectivity index (χ0) is 33.6. The maximum Gasteiger partial charge on any atom is 0.337 e. The average molecular weight is 653 g/mol. The molecule has 2 unspecified atom stereocenters. The van der Waals surface area contributed by atoms with Crippen LogP contribution in [0.1, 0.15) is 28.7 Å². The van der Waals surface area contributed by atoms with E-state index in [0.717, 1.165) is 22.3 Å². The van der Waals surface area contributed by atoms with Crippen LogP contribution in [0.2, 0.25) is 0 Å². The lowest BCUT2D eigenvalue weighted by Crippen LogP contribution is -2.71. The molecule has 0 aliphatic carbocycles. The Morgan fingerprint density at radius 1 is 0.729 bits per heavy atom. The lowest BCUT2D eigenvalue weighted by molar-refractivity contribution is -0.324. The fourth-order valence-electron chi connectivity index (χ4n) is 6.02. The standard InChI is InChI=1S/C40H44O8/c1-3-24-40(37(41)39(42)43-2)38(47-28-33-22-14-7-15-23-33)36(46-27-32-20-12-6-13-21-32)35(45-26-31-18-10-5-11-19-31)34(48-40)29-44-25-30-16-8-4-9-17-30/h3-23,34-38,41H,1,24-29H2,2H3/t34?,35-,36-,37-,38?,40-/m1/s1. The quantitative estimate of drug-likeness (QED) is 0.106. The normalized spacial score (nSPS) is 22.9. The van der Waals surface area contributed by atoms with Gasteiger partial charge in [0.1, 0.15) is 30.0 Å². The van der Waals surface area contributed by atoms with E-state index in [-0.39, 0.29) is 32.8 Å². The van der Waals surface area contributed by atoms with Crippen molar-refractivity contribution in [2.45, 2.75) is 69.0 Å². The van der Waals surface area contributed by atoms with Crippen molar-refractivity contribution in [2.24, 2.45) is 0 Å². The van der Waals surface area contributed by atoms with Gasteiger partial charge in [-0.1, -0.05) is 127 Å². The van der Waals surface area contributed by atoms with Gasteiger partial charge in [0.2, 0.25) is 0 Å². The van der Waals surface area contributed by atoms with Gasteiger partial charge in [-0.3, -0.25) is 0 Å². The Labute approximate surface area is 282 Å². The van der Waals surface area contributed by atoms with E-state index in [1.807, 2.05) is 121 Å². The van der Waals surface area contributed by atoms with Crippen molar-refractivity contribution in [1.82, 2.24) is 0 Å². The molecule has 1 saturated heterocycles. The molecule has 6 atom stereocenters. The number of carbonyl (C=O) groups excluding carboxylic acids is 1. The minimum atomic E-state index is -1.74. The number of hydrogen-bond donors (Lipinski definition) is 1. The van der Waals surface area contributed by atoms with Crippen molar-refractivity contribution in [3.63, 3.8) is 0 Å². The van der Waals surface area contributed by atoms with Gasteiger partial charge < -0.3 is 33.5 Å². The van der Waals surface area contributed by atoms with Crippen LogP contribution >= 0.6 is 0 Å². The molecule has 1 fully saturated rings. The number of methoxy groups -OCH3 is 1. The number of ether oxygens (including phenoxy) is 6. The first kappa shape index (κ1) is 35.2. The van der Waals surface area contributed by atoms with E-state index in [0.29, 0.717) is 6.61 Å². The van der Waals surface area contributed by atoms with Gasteiger partial charge in [-0.25, -0.2) is 4.79 Å². The first-order valence-corrected chi connectivity index (χ1v) is 16.2. The molecule has 48 heavy (non-hydrogen) atoms. The second kappa shape index (κ2) is 17.8. The van der Waals surface area contributed by atoms with Gasteiger partial charge in [-0.15, -0.1) is 6.58 Å². The monoisotopic (exact) mass is 652 g/mol. The number of esters is 1. The third-order valence-corrected chi connectivity index (χ3v) is 8.43. The highest BCUT2D eigenvalue weighted by Gasteiger charge is 2.61. The van der Waals surface area contributed by atoms with Crippen molar-refractivity contribution in [1.29, 1.82) is 0 Å². The highest BCUT2D eigenvalue weighted by atomic mass is 16.6. The molecule has 0 spiro atoms. The molecule has 0 amide bonds. The van der Waals surface area contributed by atoms with Gasteiger partial charge in [-0.2, -0.15) is 0 Å². The Balaban J connectivity index is 1.56. The Morgan fingerprint density at radius 2 is 1.17 bits per heavy atom. The smallest absolute Gasteiger partial charge is 0.337 e. The van der Waals surface area contributed by atoms with E-state index in [4.69, 9.17) is 28.4 Å². The van der Waals surface area contributed by atoms with E-state index < -0.39 is 42.1 Å². The summed E-state index contributed by atoms with van der Waals surface area (Å²) in [5.41, 5.74) is 2.13. The van der Waals surface area contributed by atoms with Crippen LogP contribution in [0.25, 0.3) is 0 Å². The summed E-state index contributed by atoms with van der Waals surface area (Å²) in [6.07, 6.45) is -3.42. The number of aliphatic hydroxyl groups excluding tert-OH is 1. The molecule has 8 heteroatoms. The van der Waals surface area contributed by atoms with Crippen molar-refractivity contribution in [2.75, 3.05) is 13.7 Å². The van der Waals surface area contributed by atoms with E-state index in [9.17, 15) is 9.90 Å². The lowest BCUT2D eigenvalue weighted by atomic mass is 9.78. The number of hydrogen-bond acceptors (Lipinski definition) is 8. The summed E-state index contributed by atoms with van der Waals surface area (Å²) in [7, 11) is 1.23. The molecule has 0 radical (unpaired) electrons. The first-order valence-electron chi connectivity index (χ1n) is 16.2. The fraction of sp³-hybridized carbons (Fsp3) is 0.325. The van der Waals surface area contributed by atoms with E-state index in [1.165, 1.54) is 7.11 Å². The molecule has 1 aliphatic rings. The summed E-state index contributed by atoms with van der Waals surface area (Å²) < 4.78 is 38.2. The molecule has 0 saturated carbocycles. The highest BCUT2D eigenvalue weighted by Crippen LogP contribution is 2.42. The van der Waals surface area contributed by atoms with E-state index in [2.05, 4.69) is 6.58 Å². The maximum absolute atomic E-state index is 13.1. The SMILES string of the molecule is C=CC[C@]1([C@H](O)C(=O)OC)OC(COCc2ccccc2)[C@@H](OCc2ccccc2)[C@@H](OCc2ccccc2)C1OCc1ccccc1. The van der Waals surface area contributed by atoms with Crippen LogP contribution in [0.4, 0.5) is 0 Å². The van der Waals surface area contributed by atoms with Crippen molar-refractivity contribution in [3.05, 3.63) is 156 Å². The molecule has 1 heterocycles. The molecule has 8 nitrogen and oxygen atoms in total. The molecule has 0 bridgehead atoms. The number of carbonyl (C=O) groups is 1. The number of benzene rings is 4. The van der Waals surface area contributed by atoms with Gasteiger partial charge >= 0.3 is 5.97 Å². The Morgan fingerprint density at radius 3 is 1.62 bits per heavy atom. The molecule has 4 aromatic rings. The Hall–Kier alpha value is -4.15. The van der Waals surface area contributed by atoms with Gasteiger partial charge in [0.05, 0.1) is 40.1 Å². The number of aliphatic hydroxyl groups is 1. The van der Waals surface area contributed by atoms with Crippen LogP contribution in [-0.4, -0.2) is 60.9 Å². The zero-order valence-electron chi connectivity index (χ0n) is 27.3. The second-order valence-electron chi connectivity index (χ2n) is 11.8. The summed E-state index contributed by atoms with van der Waals surface area (Å²) in [6.45, 7) is 5.00. The molecular weight excluding hydrogens is 608 g/mol. The van der Waals surface area contributed by atoms with Crippen LogP contribution in [0.15, 0.2) is 134 Å². The third-order valence-electron chi connectivity index (χ3n) is 8.43. The van der Waals surface area contributed by atoms with Crippen molar-refractivity contribution >= 4 is 5.97 Å². The summed E-state index contributed by atoms with van der Waals surface area (Å²) >= 11 is 0. The van der Waals surface area contributed by atoms with Crippen LogP contribution in [0.5, 0.6) is 0 Å². The van der Waals surface area contributed by atoms with E-state index >= 15 is 0 Å². The Bertz CT molecular complexity index is 1520. The van der Waals surface area contributed by atoms with Crippen LogP contribution in [0, 0.1) is 0 Å². The highest BCUT2D eigenvalue weighted by molar-refractivity contribution is 5.76. The predicted octanol–water partition coefficient (Wildman–Crippen LogP) is 6.21. The van der Waals surface area contributed by atoms with Gasteiger partial charge in [0, 0.05) is 0 Å². The minimum absolute atomic E-state index is 0.0501.